The second kappa shape index (κ2) is 5.07. The zero-order valence-corrected chi connectivity index (χ0v) is 8.88. The number of hydrogen-bond donors (Lipinski definition) is 1. The van der Waals surface area contributed by atoms with E-state index >= 15 is 0 Å². The van der Waals surface area contributed by atoms with Gasteiger partial charge < -0.3 is 10.5 Å². The number of carbonyl (C=O) groups is 1. The van der Waals surface area contributed by atoms with Crippen LogP contribution in [0.4, 0.5) is 4.39 Å². The van der Waals surface area contributed by atoms with Gasteiger partial charge in [-0.1, -0.05) is 12.1 Å². The van der Waals surface area contributed by atoms with Crippen LogP contribution >= 0.6 is 15.9 Å². The number of esters is 1. The van der Waals surface area contributed by atoms with E-state index in [0.717, 1.165) is 0 Å². The maximum absolute atomic E-state index is 13.0. The highest BCUT2D eigenvalue weighted by atomic mass is 79.9. The van der Waals surface area contributed by atoms with Crippen LogP contribution in [0, 0.1) is 5.82 Å². The third-order valence-corrected chi connectivity index (χ3v) is 2.47. The molecule has 1 rings (SSSR count). The van der Waals surface area contributed by atoms with E-state index in [0.29, 0.717) is 10.0 Å². The number of benzene rings is 1. The van der Waals surface area contributed by atoms with Crippen LogP contribution in [0.5, 0.6) is 0 Å². The molecule has 1 aromatic rings. The van der Waals surface area contributed by atoms with E-state index in [2.05, 4.69) is 15.9 Å². The Labute approximate surface area is 89.2 Å². The van der Waals surface area contributed by atoms with Gasteiger partial charge in [-0.05, 0) is 22.0 Å². The fourth-order valence-electron chi connectivity index (χ4n) is 0.877. The van der Waals surface area contributed by atoms with Gasteiger partial charge in [0, 0.05) is 5.56 Å². The van der Waals surface area contributed by atoms with Crippen molar-refractivity contribution in [1.82, 2.24) is 0 Å². The molecule has 0 aliphatic rings. The van der Waals surface area contributed by atoms with Crippen LogP contribution in [0.25, 0.3) is 0 Å². The smallest absolute Gasteiger partial charge is 0.320 e. The molecule has 0 aliphatic carbocycles. The maximum atomic E-state index is 13.0. The molecule has 0 fully saturated rings. The zero-order valence-electron chi connectivity index (χ0n) is 7.30. The molecule has 0 aromatic heterocycles. The molecule has 0 saturated carbocycles. The van der Waals surface area contributed by atoms with E-state index in [1.807, 2.05) is 0 Å². The van der Waals surface area contributed by atoms with Gasteiger partial charge in [-0.2, -0.15) is 0 Å². The summed E-state index contributed by atoms with van der Waals surface area (Å²) in [4.78, 5) is 10.7. The highest BCUT2D eigenvalue weighted by Gasteiger charge is 2.06. The molecule has 0 heterocycles. The van der Waals surface area contributed by atoms with Gasteiger partial charge in [-0.15, -0.1) is 0 Å². The van der Waals surface area contributed by atoms with Gasteiger partial charge in [0.05, 0.1) is 11.0 Å². The maximum Gasteiger partial charge on any atom is 0.320 e. The second-order valence-electron chi connectivity index (χ2n) is 2.58. The van der Waals surface area contributed by atoms with Crippen molar-refractivity contribution in [3.63, 3.8) is 0 Å². The average molecular weight is 262 g/mol. The fraction of sp³-hybridized carbons (Fsp3) is 0.222. The van der Waals surface area contributed by atoms with Gasteiger partial charge in [-0.3, -0.25) is 4.79 Å². The number of rotatable bonds is 3. The van der Waals surface area contributed by atoms with Crippen LogP contribution in [-0.4, -0.2) is 12.5 Å². The average Bonchev–Trinajstić information content (AvgIpc) is 2.20. The summed E-state index contributed by atoms with van der Waals surface area (Å²) < 4.78 is 18.0. The normalized spacial score (nSPS) is 9.93. The molecule has 14 heavy (non-hydrogen) atoms. The SMILES string of the molecule is NCC(=O)OCc1cccc(F)c1Br. The molecule has 2 N–H and O–H groups in total. The molecule has 76 valence electrons. The third kappa shape index (κ3) is 2.78. The topological polar surface area (TPSA) is 52.3 Å². The Balaban J connectivity index is 2.68. The molecule has 1 aromatic carbocycles. The van der Waals surface area contributed by atoms with E-state index in [9.17, 15) is 9.18 Å². The lowest BCUT2D eigenvalue weighted by Gasteiger charge is -2.05. The van der Waals surface area contributed by atoms with Crippen LogP contribution in [0.1, 0.15) is 5.56 Å². The van der Waals surface area contributed by atoms with E-state index in [1.54, 1.807) is 12.1 Å². The summed E-state index contributed by atoms with van der Waals surface area (Å²) >= 11 is 3.05. The third-order valence-electron chi connectivity index (χ3n) is 1.59. The predicted octanol–water partition coefficient (Wildman–Crippen LogP) is 1.59. The van der Waals surface area contributed by atoms with E-state index in [1.165, 1.54) is 6.07 Å². The molecule has 0 radical (unpaired) electrons. The summed E-state index contributed by atoms with van der Waals surface area (Å²) in [7, 11) is 0. The number of carbonyl (C=O) groups excluding carboxylic acids is 1. The highest BCUT2D eigenvalue weighted by Crippen LogP contribution is 2.20. The van der Waals surface area contributed by atoms with Gasteiger partial charge in [0.1, 0.15) is 12.4 Å². The van der Waals surface area contributed by atoms with Crippen molar-refractivity contribution in [3.05, 3.63) is 34.1 Å². The molecule has 0 aliphatic heterocycles. The molecule has 3 nitrogen and oxygen atoms in total. The Morgan fingerprint density at radius 3 is 2.93 bits per heavy atom. The van der Waals surface area contributed by atoms with Gasteiger partial charge in [0.2, 0.25) is 0 Å². The standard InChI is InChI=1S/C9H9BrFNO2/c10-9-6(2-1-3-7(9)11)5-14-8(13)4-12/h1-3H,4-5,12H2. The van der Waals surface area contributed by atoms with Crippen molar-refractivity contribution >= 4 is 21.9 Å². The highest BCUT2D eigenvalue weighted by molar-refractivity contribution is 9.10. The summed E-state index contributed by atoms with van der Waals surface area (Å²) in [6.45, 7) is -0.151. The zero-order chi connectivity index (χ0) is 10.6. The van der Waals surface area contributed by atoms with Crippen LogP contribution in [0.2, 0.25) is 0 Å². The second-order valence-corrected chi connectivity index (χ2v) is 3.37. The van der Waals surface area contributed by atoms with Crippen LogP contribution in [-0.2, 0) is 16.1 Å². The van der Waals surface area contributed by atoms with Gasteiger partial charge in [0.15, 0.2) is 0 Å². The minimum atomic E-state index is -0.513. The quantitative estimate of drug-likeness (QED) is 0.841. The Hall–Kier alpha value is -0.940. The van der Waals surface area contributed by atoms with E-state index in [4.69, 9.17) is 10.5 Å². The summed E-state index contributed by atoms with van der Waals surface area (Å²) in [6.07, 6.45) is 0. The first-order valence-electron chi connectivity index (χ1n) is 3.93. The van der Waals surface area contributed by atoms with E-state index < -0.39 is 5.97 Å². The van der Waals surface area contributed by atoms with Gasteiger partial charge in [-0.25, -0.2) is 4.39 Å². The Kier molecular flexibility index (Phi) is 4.03. The molecular formula is C9H9BrFNO2. The van der Waals surface area contributed by atoms with Crippen LogP contribution in [0.3, 0.4) is 0 Å². The minimum Gasteiger partial charge on any atom is -0.460 e. The Morgan fingerprint density at radius 2 is 2.29 bits per heavy atom. The lowest BCUT2D eigenvalue weighted by molar-refractivity contribution is -0.143. The number of ether oxygens (including phenoxy) is 1. The van der Waals surface area contributed by atoms with Crippen LogP contribution in [0.15, 0.2) is 22.7 Å². The molecule has 5 heteroatoms. The van der Waals surface area contributed by atoms with Crippen molar-refractivity contribution in [2.45, 2.75) is 6.61 Å². The number of nitrogens with two attached hydrogens (primary N) is 1. The minimum absolute atomic E-state index is 0.0222. The fourth-order valence-corrected chi connectivity index (χ4v) is 1.26. The summed E-state index contributed by atoms with van der Waals surface area (Å²) in [5.74, 6) is -0.896. The van der Waals surface area contributed by atoms with Crippen LogP contribution < -0.4 is 5.73 Å². The van der Waals surface area contributed by atoms with Crippen molar-refractivity contribution < 1.29 is 13.9 Å². The predicted molar refractivity (Wildman–Crippen MR) is 53.0 cm³/mol. The van der Waals surface area contributed by atoms with Crippen molar-refractivity contribution in [2.24, 2.45) is 5.73 Å². The largest absolute Gasteiger partial charge is 0.460 e. The summed E-state index contributed by atoms with van der Waals surface area (Å²) in [5.41, 5.74) is 5.62. The summed E-state index contributed by atoms with van der Waals surface area (Å²) in [5, 5.41) is 0. The molecule has 0 atom stereocenters. The van der Waals surface area contributed by atoms with Crippen molar-refractivity contribution in [2.75, 3.05) is 6.54 Å². The lowest BCUT2D eigenvalue weighted by Crippen LogP contribution is -2.16. The van der Waals surface area contributed by atoms with Crippen molar-refractivity contribution in [3.8, 4) is 0 Å². The van der Waals surface area contributed by atoms with Crippen molar-refractivity contribution in [1.29, 1.82) is 0 Å². The van der Waals surface area contributed by atoms with Gasteiger partial charge >= 0.3 is 5.97 Å². The first-order chi connectivity index (χ1) is 6.65. The molecule has 0 amide bonds. The molecule has 0 bridgehead atoms. The molecular weight excluding hydrogens is 253 g/mol. The number of hydrogen-bond acceptors (Lipinski definition) is 3. The summed E-state index contributed by atoms with van der Waals surface area (Å²) in [6, 6.07) is 4.53. The molecule has 0 unspecified atom stereocenters. The lowest BCUT2D eigenvalue weighted by atomic mass is 10.2. The number of halogens is 2. The molecule has 0 saturated heterocycles. The van der Waals surface area contributed by atoms with Gasteiger partial charge in [0.25, 0.3) is 0 Å². The molecule has 0 spiro atoms. The Morgan fingerprint density at radius 1 is 1.57 bits per heavy atom. The van der Waals surface area contributed by atoms with E-state index in [-0.39, 0.29) is 19.0 Å². The monoisotopic (exact) mass is 261 g/mol. The Bertz CT molecular complexity index is 344. The first kappa shape index (κ1) is 11.1. The first-order valence-corrected chi connectivity index (χ1v) is 4.73.